The van der Waals surface area contributed by atoms with Gasteiger partial charge in [-0.15, -0.1) is 0 Å². The number of ether oxygens (including phenoxy) is 1. The van der Waals surface area contributed by atoms with E-state index < -0.39 is 0 Å². The van der Waals surface area contributed by atoms with Crippen LogP contribution in [0, 0.1) is 6.92 Å². The molecule has 0 saturated carbocycles. The highest BCUT2D eigenvalue weighted by Gasteiger charge is 2.04. The molecule has 0 aliphatic carbocycles. The van der Waals surface area contributed by atoms with Gasteiger partial charge in [0.15, 0.2) is 0 Å². The molecule has 0 radical (unpaired) electrons. The molecule has 110 valence electrons. The minimum Gasteiger partial charge on any atom is -0.496 e. The van der Waals surface area contributed by atoms with Gasteiger partial charge in [-0.3, -0.25) is 9.78 Å². The van der Waals surface area contributed by atoms with Gasteiger partial charge in [0.05, 0.1) is 7.11 Å². The molecule has 0 fully saturated rings. The molecule has 1 aromatic heterocycles. The van der Waals surface area contributed by atoms with Crippen molar-refractivity contribution < 1.29 is 9.53 Å². The highest BCUT2D eigenvalue weighted by atomic mass is 16.5. The molecule has 1 N–H and O–H groups in total. The monoisotopic (exact) mass is 284 g/mol. The Morgan fingerprint density at radius 2 is 2.14 bits per heavy atom. The van der Waals surface area contributed by atoms with E-state index >= 15 is 0 Å². The molecule has 0 atom stereocenters. The molecule has 0 unspecified atom stereocenters. The highest BCUT2D eigenvalue weighted by Crippen LogP contribution is 2.19. The number of nitrogens with zero attached hydrogens (tertiary/aromatic N) is 1. The molecule has 1 amide bonds. The van der Waals surface area contributed by atoms with Crippen molar-refractivity contribution in [2.24, 2.45) is 0 Å². The fourth-order valence-corrected chi connectivity index (χ4v) is 2.15. The normalized spacial score (nSPS) is 10.2. The van der Waals surface area contributed by atoms with E-state index in [2.05, 4.69) is 16.4 Å². The topological polar surface area (TPSA) is 51.2 Å². The first kappa shape index (κ1) is 15.0. The molecule has 21 heavy (non-hydrogen) atoms. The zero-order chi connectivity index (χ0) is 15.1. The number of benzene rings is 1. The average molecular weight is 284 g/mol. The van der Waals surface area contributed by atoms with Crippen molar-refractivity contribution in [1.82, 2.24) is 10.3 Å². The molecule has 0 aliphatic rings. The lowest BCUT2D eigenvalue weighted by molar-refractivity contribution is -0.121. The van der Waals surface area contributed by atoms with Gasteiger partial charge in [0.2, 0.25) is 5.91 Å². The summed E-state index contributed by atoms with van der Waals surface area (Å²) in [6.45, 7) is 2.53. The number of hydrogen-bond donors (Lipinski definition) is 1. The van der Waals surface area contributed by atoms with E-state index in [0.29, 0.717) is 13.0 Å². The molecule has 1 heterocycles. The Hall–Kier alpha value is -2.36. The van der Waals surface area contributed by atoms with Gasteiger partial charge >= 0.3 is 0 Å². The third kappa shape index (κ3) is 4.60. The predicted octanol–water partition coefficient (Wildman–Crippen LogP) is 2.65. The largest absolute Gasteiger partial charge is 0.496 e. The lowest BCUT2D eigenvalue weighted by Gasteiger charge is -2.08. The van der Waals surface area contributed by atoms with Crippen molar-refractivity contribution in [1.29, 1.82) is 0 Å². The van der Waals surface area contributed by atoms with Crippen molar-refractivity contribution >= 4 is 5.91 Å². The van der Waals surface area contributed by atoms with Crippen LogP contribution in [0.1, 0.15) is 23.1 Å². The maximum Gasteiger partial charge on any atom is 0.220 e. The summed E-state index contributed by atoms with van der Waals surface area (Å²) in [5.41, 5.74) is 3.24. The predicted molar refractivity (Wildman–Crippen MR) is 82.1 cm³/mol. The van der Waals surface area contributed by atoms with Crippen molar-refractivity contribution in [2.75, 3.05) is 7.11 Å². The molecule has 2 rings (SSSR count). The van der Waals surface area contributed by atoms with Crippen molar-refractivity contribution in [3.8, 4) is 5.75 Å². The van der Waals surface area contributed by atoms with Gasteiger partial charge in [-0.2, -0.15) is 0 Å². The molecule has 0 spiro atoms. The molecule has 4 nitrogen and oxygen atoms in total. The SMILES string of the molecule is COc1ccc(CCC(=O)NCc2cccnc2)cc1C. The van der Waals surface area contributed by atoms with Crippen LogP contribution >= 0.6 is 0 Å². The van der Waals surface area contributed by atoms with Gasteiger partial charge < -0.3 is 10.1 Å². The van der Waals surface area contributed by atoms with Crippen LogP contribution in [0.25, 0.3) is 0 Å². The van der Waals surface area contributed by atoms with Crippen LogP contribution in [0.15, 0.2) is 42.7 Å². The first-order chi connectivity index (χ1) is 10.2. The van der Waals surface area contributed by atoms with Gasteiger partial charge in [0.1, 0.15) is 5.75 Å². The standard InChI is InChI=1S/C17H20N2O2/c1-13-10-14(5-7-16(13)21-2)6-8-17(20)19-12-15-4-3-9-18-11-15/h3-5,7,9-11H,6,8,12H2,1-2H3,(H,19,20). The maximum absolute atomic E-state index is 11.8. The zero-order valence-corrected chi connectivity index (χ0v) is 12.4. The second-order valence-corrected chi connectivity index (χ2v) is 4.94. The third-order valence-corrected chi connectivity index (χ3v) is 3.31. The Kier molecular flexibility index (Phi) is 5.32. The van der Waals surface area contributed by atoms with E-state index in [9.17, 15) is 4.79 Å². The first-order valence-electron chi connectivity index (χ1n) is 6.98. The minimum atomic E-state index is 0.0484. The van der Waals surface area contributed by atoms with Crippen LogP contribution in [0.2, 0.25) is 0 Å². The molecule has 4 heteroatoms. The number of pyridine rings is 1. The van der Waals surface area contributed by atoms with Crippen LogP contribution in [-0.4, -0.2) is 18.0 Å². The number of hydrogen-bond acceptors (Lipinski definition) is 3. The summed E-state index contributed by atoms with van der Waals surface area (Å²) in [5, 5.41) is 2.90. The lowest BCUT2D eigenvalue weighted by atomic mass is 10.1. The van der Waals surface area contributed by atoms with Gasteiger partial charge in [-0.05, 0) is 42.2 Å². The number of amides is 1. The summed E-state index contributed by atoms with van der Waals surface area (Å²) in [6, 6.07) is 9.81. The molecule has 0 aliphatic heterocycles. The fourth-order valence-electron chi connectivity index (χ4n) is 2.15. The summed E-state index contributed by atoms with van der Waals surface area (Å²) in [7, 11) is 1.66. The van der Waals surface area contributed by atoms with E-state index in [-0.39, 0.29) is 5.91 Å². The Morgan fingerprint density at radius 1 is 1.29 bits per heavy atom. The number of rotatable bonds is 6. The highest BCUT2D eigenvalue weighted by molar-refractivity contribution is 5.76. The number of aromatic nitrogens is 1. The summed E-state index contributed by atoms with van der Waals surface area (Å²) in [6.07, 6.45) is 4.68. The third-order valence-electron chi connectivity index (χ3n) is 3.31. The van der Waals surface area contributed by atoms with E-state index in [1.54, 1.807) is 19.5 Å². The molecule has 0 bridgehead atoms. The van der Waals surface area contributed by atoms with E-state index in [1.807, 2.05) is 31.2 Å². The Morgan fingerprint density at radius 3 is 2.81 bits per heavy atom. The fraction of sp³-hybridized carbons (Fsp3) is 0.294. The summed E-state index contributed by atoms with van der Waals surface area (Å²) in [5.74, 6) is 0.923. The first-order valence-corrected chi connectivity index (χ1v) is 6.98. The zero-order valence-electron chi connectivity index (χ0n) is 12.4. The lowest BCUT2D eigenvalue weighted by Crippen LogP contribution is -2.23. The summed E-state index contributed by atoms with van der Waals surface area (Å²) < 4.78 is 5.23. The Balaban J connectivity index is 1.80. The number of carbonyl (C=O) groups is 1. The van der Waals surface area contributed by atoms with Gasteiger partial charge in [-0.1, -0.05) is 18.2 Å². The number of aryl methyl sites for hydroxylation is 2. The number of nitrogens with one attached hydrogen (secondary N) is 1. The van der Waals surface area contributed by atoms with Gasteiger partial charge in [0.25, 0.3) is 0 Å². The molecular weight excluding hydrogens is 264 g/mol. The van der Waals surface area contributed by atoms with Crippen molar-refractivity contribution in [3.63, 3.8) is 0 Å². The molecular formula is C17H20N2O2. The average Bonchev–Trinajstić information content (AvgIpc) is 2.52. The van der Waals surface area contributed by atoms with Crippen LogP contribution < -0.4 is 10.1 Å². The van der Waals surface area contributed by atoms with Gasteiger partial charge in [0, 0.05) is 25.4 Å². The van der Waals surface area contributed by atoms with E-state index in [4.69, 9.17) is 4.74 Å². The van der Waals surface area contributed by atoms with Crippen LogP contribution in [0.4, 0.5) is 0 Å². The molecule has 0 saturated heterocycles. The van der Waals surface area contributed by atoms with Crippen molar-refractivity contribution in [2.45, 2.75) is 26.3 Å². The van der Waals surface area contributed by atoms with Crippen LogP contribution in [0.3, 0.4) is 0 Å². The van der Waals surface area contributed by atoms with Crippen LogP contribution in [0.5, 0.6) is 5.75 Å². The quantitative estimate of drug-likeness (QED) is 0.887. The number of carbonyl (C=O) groups excluding carboxylic acids is 1. The Labute approximate surface area is 125 Å². The molecule has 1 aromatic carbocycles. The van der Waals surface area contributed by atoms with E-state index in [0.717, 1.165) is 28.9 Å². The Bertz CT molecular complexity index is 597. The van der Waals surface area contributed by atoms with E-state index in [1.165, 1.54) is 0 Å². The van der Waals surface area contributed by atoms with Crippen molar-refractivity contribution in [3.05, 3.63) is 59.4 Å². The summed E-state index contributed by atoms with van der Waals surface area (Å²) >= 11 is 0. The smallest absolute Gasteiger partial charge is 0.220 e. The minimum absolute atomic E-state index is 0.0484. The summed E-state index contributed by atoms with van der Waals surface area (Å²) in [4.78, 5) is 15.9. The molecule has 2 aromatic rings. The second kappa shape index (κ2) is 7.43. The second-order valence-electron chi connectivity index (χ2n) is 4.94. The maximum atomic E-state index is 11.8. The van der Waals surface area contributed by atoms with Gasteiger partial charge in [-0.25, -0.2) is 0 Å². The van der Waals surface area contributed by atoms with Crippen LogP contribution in [-0.2, 0) is 17.8 Å². The number of methoxy groups -OCH3 is 1.